The van der Waals surface area contributed by atoms with Gasteiger partial charge in [0, 0.05) is 9.52 Å². The van der Waals surface area contributed by atoms with Crippen molar-refractivity contribution in [1.82, 2.24) is 0 Å². The summed E-state index contributed by atoms with van der Waals surface area (Å²) in [6, 6.07) is 0. The van der Waals surface area contributed by atoms with E-state index in [-0.39, 0.29) is 32.2 Å². The van der Waals surface area contributed by atoms with Crippen LogP contribution in [0.25, 0.3) is 0 Å². The molecule has 7 heteroatoms. The van der Waals surface area contributed by atoms with E-state index in [2.05, 4.69) is 44.3 Å². The molecule has 0 unspecified atom stereocenters. The third kappa shape index (κ3) is 109. The maximum atomic E-state index is 8.66. The van der Waals surface area contributed by atoms with Crippen molar-refractivity contribution in [2.24, 2.45) is 0 Å². The fourth-order valence-electron chi connectivity index (χ4n) is 0.680. The molecule has 2 rings (SSSR count). The monoisotopic (exact) mass is 515 g/mol. The molecule has 151 valence electrons. The minimum atomic E-state index is -1.61. The predicted octanol–water partition coefficient (Wildman–Crippen LogP) is 5.16. The van der Waals surface area contributed by atoms with Gasteiger partial charge in [0.25, 0.3) is 0 Å². The molecular weight excluding hydrogens is 479 g/mol. The summed E-state index contributed by atoms with van der Waals surface area (Å²) in [5.41, 5.74) is 0. The van der Waals surface area contributed by atoms with Gasteiger partial charge in [0.05, 0.1) is 0 Å². The second-order valence-corrected chi connectivity index (χ2v) is 10.3. The van der Waals surface area contributed by atoms with Crippen LogP contribution in [0.3, 0.4) is 0 Å². The quantitative estimate of drug-likeness (QED) is 0.348. The SMILES string of the molecule is C[SiH]C.C[Si](C)(C)O.Cl.Cl.[C-]1=CC=CC1.[C-]1=CC=CC1.[CH2-]C.[CH3-].[SiH2]=[Zr]. The van der Waals surface area contributed by atoms with Gasteiger partial charge in [-0.1, -0.05) is 13.1 Å². The average molecular weight is 518 g/mol. The Labute approximate surface area is 191 Å². The summed E-state index contributed by atoms with van der Waals surface area (Å²) in [5, 5.41) is 0. The number of hydrogen-bond donors (Lipinski definition) is 1. The molecule has 1 nitrogen and oxygen atoms in total. The first-order valence-corrected chi connectivity index (χ1v) is 19.1. The van der Waals surface area contributed by atoms with E-state index in [0.29, 0.717) is 0 Å². The van der Waals surface area contributed by atoms with Crippen LogP contribution >= 0.6 is 24.8 Å². The Kier molecular flexibility index (Phi) is 80.1. The first kappa shape index (κ1) is 45.0. The first-order chi connectivity index (χ1) is 10.4. The van der Waals surface area contributed by atoms with E-state index in [1.54, 1.807) is 30.3 Å². The van der Waals surface area contributed by atoms with Crippen molar-refractivity contribution in [3.8, 4) is 0 Å². The Morgan fingerprint density at radius 1 is 0.960 bits per heavy atom. The number of rotatable bonds is 0. The molecular formula is C18H39Cl2OSi3Zr-4. The van der Waals surface area contributed by atoms with Crippen LogP contribution in [0.4, 0.5) is 0 Å². The number of allylic oxidation sites excluding steroid dienone is 8. The fraction of sp³-hybridized carbons (Fsp3) is 0.444. The molecule has 1 N–H and O–H groups in total. The Hall–Kier alpha value is 1.03. The molecule has 0 spiro atoms. The molecule has 0 fully saturated rings. The number of halogens is 2. The van der Waals surface area contributed by atoms with Crippen LogP contribution in [0.2, 0.25) is 32.7 Å². The van der Waals surface area contributed by atoms with Gasteiger partial charge < -0.3 is 19.1 Å². The van der Waals surface area contributed by atoms with Crippen molar-refractivity contribution in [3.63, 3.8) is 0 Å². The Morgan fingerprint density at radius 3 is 1.20 bits per heavy atom. The van der Waals surface area contributed by atoms with Crippen LogP contribution in [0.5, 0.6) is 0 Å². The third-order valence-corrected chi connectivity index (χ3v) is 1.17. The normalized spacial score (nSPS) is 10.5. The molecule has 0 amide bonds. The topological polar surface area (TPSA) is 20.2 Å². The first-order valence-electron chi connectivity index (χ1n) is 7.37. The molecule has 0 saturated heterocycles. The molecule has 0 aromatic heterocycles. The Bertz CT molecular complexity index is 255. The molecule has 1 radical (unpaired) electrons. The van der Waals surface area contributed by atoms with E-state index in [1.165, 1.54) is 0 Å². The number of hydrogen-bond acceptors (Lipinski definition) is 1. The molecule has 0 saturated carbocycles. The summed E-state index contributed by atoms with van der Waals surface area (Å²) in [7, 11) is -0.861. The van der Waals surface area contributed by atoms with Crippen LogP contribution in [-0.2, 0) is 23.3 Å². The minimum absolute atomic E-state index is 0. The van der Waals surface area contributed by atoms with Crippen molar-refractivity contribution < 1.29 is 28.1 Å². The van der Waals surface area contributed by atoms with Gasteiger partial charge >= 0.3 is 30.2 Å². The van der Waals surface area contributed by atoms with Gasteiger partial charge in [0.2, 0.25) is 0 Å². The predicted molar refractivity (Wildman–Crippen MR) is 128 cm³/mol. The molecule has 0 atom stereocenters. The van der Waals surface area contributed by atoms with Gasteiger partial charge in [-0.05, 0) is 19.6 Å². The van der Waals surface area contributed by atoms with E-state index < -0.39 is 8.32 Å². The summed E-state index contributed by atoms with van der Waals surface area (Å²) in [6.07, 6.45) is 20.0. The second-order valence-electron chi connectivity index (χ2n) is 4.75. The van der Waals surface area contributed by atoms with Gasteiger partial charge in [0.15, 0.2) is 8.32 Å². The zero-order valence-electron chi connectivity index (χ0n) is 17.1. The summed E-state index contributed by atoms with van der Waals surface area (Å²) < 4.78 is 0. The summed E-state index contributed by atoms with van der Waals surface area (Å²) in [4.78, 5) is 8.66. The summed E-state index contributed by atoms with van der Waals surface area (Å²) in [5.74, 6) is 0. The Balaban J connectivity index is -0.0000000316. The van der Waals surface area contributed by atoms with Gasteiger partial charge in [-0.3, -0.25) is 12.2 Å². The molecule has 2 aliphatic rings. The van der Waals surface area contributed by atoms with Gasteiger partial charge in [-0.25, -0.2) is 24.3 Å². The van der Waals surface area contributed by atoms with E-state index >= 15 is 0 Å². The third-order valence-electron chi connectivity index (χ3n) is 1.17. The summed E-state index contributed by atoms with van der Waals surface area (Å²) >= 11 is 1.58. The van der Waals surface area contributed by atoms with Crippen molar-refractivity contribution >= 4 is 49.5 Å². The fourth-order valence-corrected chi connectivity index (χ4v) is 0.680. The molecule has 2 aliphatic carbocycles. The van der Waals surface area contributed by atoms with Crippen molar-refractivity contribution in [2.75, 3.05) is 0 Å². The Morgan fingerprint density at radius 2 is 1.16 bits per heavy atom. The van der Waals surface area contributed by atoms with Crippen LogP contribution in [0.15, 0.2) is 36.5 Å². The van der Waals surface area contributed by atoms with Crippen LogP contribution < -0.4 is 0 Å². The molecule has 0 aliphatic heterocycles. The van der Waals surface area contributed by atoms with Crippen molar-refractivity contribution in [3.05, 3.63) is 63.0 Å². The van der Waals surface area contributed by atoms with Gasteiger partial charge in [0.1, 0.15) is 0 Å². The van der Waals surface area contributed by atoms with Crippen molar-refractivity contribution in [1.29, 1.82) is 0 Å². The summed E-state index contributed by atoms with van der Waals surface area (Å²) in [6.45, 7) is 17.0. The molecule has 0 heterocycles. The van der Waals surface area contributed by atoms with E-state index in [4.69, 9.17) is 4.80 Å². The van der Waals surface area contributed by atoms with E-state index in [9.17, 15) is 0 Å². The molecule has 0 aromatic carbocycles. The second kappa shape index (κ2) is 44.5. The van der Waals surface area contributed by atoms with Gasteiger partial charge in [-0.15, -0.1) is 37.7 Å². The van der Waals surface area contributed by atoms with Crippen LogP contribution in [0, 0.1) is 26.5 Å². The molecule has 25 heavy (non-hydrogen) atoms. The van der Waals surface area contributed by atoms with Crippen LogP contribution in [0.1, 0.15) is 19.8 Å². The zero-order valence-corrected chi connectivity index (χ0v) is 24.8. The van der Waals surface area contributed by atoms with Crippen LogP contribution in [-0.4, -0.2) is 29.5 Å². The van der Waals surface area contributed by atoms with Crippen molar-refractivity contribution in [2.45, 2.75) is 52.5 Å². The zero-order chi connectivity index (χ0) is 18.3. The molecule has 0 bridgehead atoms. The maximum absolute atomic E-state index is 8.66. The van der Waals surface area contributed by atoms with Gasteiger partial charge in [-0.2, -0.15) is 19.1 Å². The van der Waals surface area contributed by atoms with E-state index in [0.717, 1.165) is 22.4 Å². The van der Waals surface area contributed by atoms with E-state index in [1.807, 2.05) is 50.8 Å². The average Bonchev–Trinajstić information content (AvgIpc) is 3.20. The molecule has 0 aromatic rings. The standard InChI is InChI=1S/2C5H5.C3H10OSi.C2H7Si.C2H5.CH3.2ClH.H2Si.Zr/c2*1-2-4-5-3-1;1-5(2,3)4;1-3-2;1-2;;;;;/h2*1-3H,4H2;4H,1-3H3;3H,1-2H3;1H2,2H3;1H3;2*1H;1H2;/q2*-1;;;2*-1;;;;.